The average molecular weight is 372 g/mol. The normalized spacial score (nSPS) is 20.3. The van der Waals surface area contributed by atoms with E-state index in [1.165, 1.54) is 44.1 Å². The maximum absolute atomic E-state index is 4.43. The molecule has 3 rings (SSSR count). The Morgan fingerprint density at radius 1 is 1.11 bits per heavy atom. The van der Waals surface area contributed by atoms with Gasteiger partial charge in [-0.2, -0.15) is 0 Å². The predicted molar refractivity (Wildman–Crippen MR) is 114 cm³/mol. The lowest BCUT2D eigenvalue weighted by Gasteiger charge is -2.33. The van der Waals surface area contributed by atoms with Gasteiger partial charge in [-0.25, -0.2) is 0 Å². The molecule has 2 aliphatic rings. The Morgan fingerprint density at radius 2 is 1.81 bits per heavy atom. The van der Waals surface area contributed by atoms with Crippen molar-refractivity contribution in [3.05, 3.63) is 35.9 Å². The fourth-order valence-electron chi connectivity index (χ4n) is 4.34. The molecule has 5 nitrogen and oxygen atoms in total. The largest absolute Gasteiger partial charge is 0.355 e. The van der Waals surface area contributed by atoms with Crippen molar-refractivity contribution in [1.82, 2.24) is 20.4 Å². The number of guanidine groups is 1. The van der Waals surface area contributed by atoms with Gasteiger partial charge in [0.1, 0.15) is 0 Å². The number of likely N-dealkylation sites (tertiary alicyclic amines) is 1. The number of nitrogens with one attached hydrogen (secondary N) is 2. The van der Waals surface area contributed by atoms with Crippen molar-refractivity contribution >= 4 is 5.96 Å². The smallest absolute Gasteiger partial charge is 0.191 e. The third-order valence-electron chi connectivity index (χ3n) is 6.11. The first-order valence-electron chi connectivity index (χ1n) is 10.7. The molecular weight excluding hydrogens is 334 g/mol. The Balaban J connectivity index is 1.33. The highest BCUT2D eigenvalue weighted by Crippen LogP contribution is 2.21. The summed E-state index contributed by atoms with van der Waals surface area (Å²) in [4.78, 5) is 9.49. The Morgan fingerprint density at radius 3 is 2.48 bits per heavy atom. The first-order valence-corrected chi connectivity index (χ1v) is 10.7. The number of aliphatic imine (C=N–C) groups is 1. The highest BCUT2D eigenvalue weighted by Gasteiger charge is 2.21. The number of hydrogen-bond acceptors (Lipinski definition) is 3. The minimum atomic E-state index is 0.524. The van der Waals surface area contributed by atoms with Gasteiger partial charge in [0, 0.05) is 51.9 Å². The summed E-state index contributed by atoms with van der Waals surface area (Å²) in [6.45, 7) is 5.40. The van der Waals surface area contributed by atoms with Gasteiger partial charge in [-0.3, -0.25) is 9.89 Å². The molecule has 0 bridgehead atoms. The molecule has 150 valence electrons. The van der Waals surface area contributed by atoms with E-state index >= 15 is 0 Å². The van der Waals surface area contributed by atoms with Gasteiger partial charge >= 0.3 is 0 Å². The summed E-state index contributed by atoms with van der Waals surface area (Å²) in [5.74, 6) is 0.955. The molecule has 1 aromatic carbocycles. The fourth-order valence-corrected chi connectivity index (χ4v) is 4.34. The molecule has 0 aromatic heterocycles. The number of likely N-dealkylation sites (N-methyl/N-ethyl adjacent to an activating group) is 1. The second kappa shape index (κ2) is 10.7. The standard InChI is InChI=1S/C22H37N5/c1-23-22(24-14-17-26(2)21-10-6-7-11-21)25-20-12-15-27(16-13-20)18-19-8-4-3-5-9-19/h3-5,8-9,20-21H,6-7,10-18H2,1-2H3,(H2,23,24,25). The minimum Gasteiger partial charge on any atom is -0.355 e. The van der Waals surface area contributed by atoms with Gasteiger partial charge < -0.3 is 15.5 Å². The molecule has 1 heterocycles. The van der Waals surface area contributed by atoms with Gasteiger partial charge in [-0.05, 0) is 38.3 Å². The Kier molecular flexibility index (Phi) is 7.96. The van der Waals surface area contributed by atoms with Crippen LogP contribution >= 0.6 is 0 Å². The zero-order valence-corrected chi connectivity index (χ0v) is 17.2. The molecule has 5 heteroatoms. The quantitative estimate of drug-likeness (QED) is 0.571. The van der Waals surface area contributed by atoms with E-state index in [4.69, 9.17) is 0 Å². The Labute approximate surface area is 165 Å². The molecule has 0 radical (unpaired) electrons. The summed E-state index contributed by atoms with van der Waals surface area (Å²) in [6.07, 6.45) is 7.88. The summed E-state index contributed by atoms with van der Waals surface area (Å²) >= 11 is 0. The van der Waals surface area contributed by atoms with Crippen LogP contribution < -0.4 is 10.6 Å². The third kappa shape index (κ3) is 6.51. The lowest BCUT2D eigenvalue weighted by atomic mass is 10.0. The van der Waals surface area contributed by atoms with Crippen LogP contribution in [0.4, 0.5) is 0 Å². The summed E-state index contributed by atoms with van der Waals surface area (Å²) in [7, 11) is 4.14. The number of piperidine rings is 1. The minimum absolute atomic E-state index is 0.524. The molecule has 2 N–H and O–H groups in total. The van der Waals surface area contributed by atoms with E-state index in [0.717, 1.165) is 44.7 Å². The van der Waals surface area contributed by atoms with Crippen molar-refractivity contribution in [2.24, 2.45) is 4.99 Å². The zero-order valence-electron chi connectivity index (χ0n) is 17.2. The summed E-state index contributed by atoms with van der Waals surface area (Å²) in [6, 6.07) is 12.1. The Hall–Kier alpha value is -1.59. The van der Waals surface area contributed by atoms with E-state index < -0.39 is 0 Å². The van der Waals surface area contributed by atoms with E-state index in [0.29, 0.717) is 6.04 Å². The van der Waals surface area contributed by atoms with Crippen LogP contribution in [0.25, 0.3) is 0 Å². The van der Waals surface area contributed by atoms with Crippen molar-refractivity contribution in [1.29, 1.82) is 0 Å². The van der Waals surface area contributed by atoms with Crippen LogP contribution in [-0.2, 0) is 6.54 Å². The van der Waals surface area contributed by atoms with Gasteiger partial charge in [-0.1, -0.05) is 43.2 Å². The highest BCUT2D eigenvalue weighted by atomic mass is 15.2. The zero-order chi connectivity index (χ0) is 18.9. The van der Waals surface area contributed by atoms with Crippen LogP contribution in [0.3, 0.4) is 0 Å². The first-order chi connectivity index (χ1) is 13.2. The van der Waals surface area contributed by atoms with Crippen molar-refractivity contribution < 1.29 is 0 Å². The van der Waals surface area contributed by atoms with Crippen molar-refractivity contribution in [2.45, 2.75) is 57.2 Å². The highest BCUT2D eigenvalue weighted by molar-refractivity contribution is 5.79. The lowest BCUT2D eigenvalue weighted by molar-refractivity contribution is 0.198. The topological polar surface area (TPSA) is 42.9 Å². The number of rotatable bonds is 7. The molecule has 27 heavy (non-hydrogen) atoms. The predicted octanol–water partition coefficient (Wildman–Crippen LogP) is 2.69. The van der Waals surface area contributed by atoms with Crippen molar-refractivity contribution in [3.8, 4) is 0 Å². The van der Waals surface area contributed by atoms with E-state index in [-0.39, 0.29) is 0 Å². The molecule has 0 atom stereocenters. The molecule has 1 saturated carbocycles. The van der Waals surface area contributed by atoms with Gasteiger partial charge in [0.15, 0.2) is 5.96 Å². The van der Waals surface area contributed by atoms with Crippen LogP contribution in [0.1, 0.15) is 44.1 Å². The van der Waals surface area contributed by atoms with Crippen LogP contribution in [-0.4, -0.2) is 68.1 Å². The lowest BCUT2D eigenvalue weighted by Crippen LogP contribution is -2.49. The maximum atomic E-state index is 4.43. The average Bonchev–Trinajstić information content (AvgIpc) is 3.24. The third-order valence-corrected chi connectivity index (χ3v) is 6.11. The van der Waals surface area contributed by atoms with E-state index in [1.54, 1.807) is 0 Å². The van der Waals surface area contributed by atoms with Crippen molar-refractivity contribution in [3.63, 3.8) is 0 Å². The molecule has 0 spiro atoms. The maximum Gasteiger partial charge on any atom is 0.191 e. The monoisotopic (exact) mass is 371 g/mol. The van der Waals surface area contributed by atoms with Gasteiger partial charge in [0.2, 0.25) is 0 Å². The number of benzene rings is 1. The summed E-state index contributed by atoms with van der Waals surface area (Å²) in [5.41, 5.74) is 1.41. The molecule has 0 amide bonds. The second-order valence-electron chi connectivity index (χ2n) is 8.10. The van der Waals surface area contributed by atoms with Crippen LogP contribution in [0.15, 0.2) is 35.3 Å². The summed E-state index contributed by atoms with van der Waals surface area (Å²) < 4.78 is 0. The molecular formula is C22H37N5. The SMILES string of the molecule is CN=C(NCCN(C)C1CCCC1)NC1CCN(Cc2ccccc2)CC1. The second-order valence-corrected chi connectivity index (χ2v) is 8.10. The van der Waals surface area contributed by atoms with Crippen LogP contribution in [0, 0.1) is 0 Å². The first kappa shape index (κ1) is 20.2. The van der Waals surface area contributed by atoms with E-state index in [9.17, 15) is 0 Å². The Bertz CT molecular complexity index is 559. The van der Waals surface area contributed by atoms with Gasteiger partial charge in [0.25, 0.3) is 0 Å². The molecule has 2 fully saturated rings. The molecule has 1 aliphatic carbocycles. The van der Waals surface area contributed by atoms with E-state index in [1.807, 2.05) is 7.05 Å². The molecule has 0 unspecified atom stereocenters. The molecule has 1 saturated heterocycles. The van der Waals surface area contributed by atoms with Gasteiger partial charge in [0.05, 0.1) is 0 Å². The van der Waals surface area contributed by atoms with Crippen LogP contribution in [0.5, 0.6) is 0 Å². The van der Waals surface area contributed by atoms with E-state index in [2.05, 4.69) is 62.8 Å². The van der Waals surface area contributed by atoms with Crippen molar-refractivity contribution in [2.75, 3.05) is 40.3 Å². The number of nitrogens with zero attached hydrogens (tertiary/aromatic N) is 3. The fraction of sp³-hybridized carbons (Fsp3) is 0.682. The molecule has 1 aliphatic heterocycles. The summed E-state index contributed by atoms with van der Waals surface area (Å²) in [5, 5.41) is 7.13. The van der Waals surface area contributed by atoms with Crippen LogP contribution in [0.2, 0.25) is 0 Å². The molecule has 1 aromatic rings. The van der Waals surface area contributed by atoms with Gasteiger partial charge in [-0.15, -0.1) is 0 Å². The number of hydrogen-bond donors (Lipinski definition) is 2.